The Hall–Kier alpha value is -7.09. The van der Waals surface area contributed by atoms with Crippen LogP contribution in [0.15, 0.2) is 0 Å². The summed E-state index contributed by atoms with van der Waals surface area (Å²) < 4.78 is 0. The summed E-state index contributed by atoms with van der Waals surface area (Å²) >= 11 is 0. The monoisotopic (exact) mass is 1160 g/mol. The molecule has 0 aliphatic carbocycles. The molecular weight excluding hydrogens is 1070 g/mol. The zero-order valence-corrected chi connectivity index (χ0v) is 47.2. The summed E-state index contributed by atoms with van der Waals surface area (Å²) in [6.45, 7) is 9.67. The fourth-order valence-electron chi connectivity index (χ4n) is 7.80. The van der Waals surface area contributed by atoms with Crippen LogP contribution < -0.4 is 76.5 Å². The van der Waals surface area contributed by atoms with Crippen LogP contribution in [-0.2, 0) is 62.3 Å². The molecule has 81 heavy (non-hydrogen) atoms. The number of amides is 10. The molecule has 0 saturated heterocycles. The minimum absolute atomic E-state index is 0.0588. The van der Waals surface area contributed by atoms with Gasteiger partial charge in [0.2, 0.25) is 59.1 Å². The summed E-state index contributed by atoms with van der Waals surface area (Å²) in [4.78, 5) is 169. The van der Waals surface area contributed by atoms with E-state index in [1.54, 1.807) is 27.7 Å². The SMILES string of the molecule is CC(C)C[C@H](NC(=O)[C@H](CCC(=O)O)NC(=O)[C@H](CCC(N)=O)NC(=O)[C@H](C)NC(=O)[C@@H](NC(=O)[C@@H](NC(=O)[C@H](CCCCN)NC(=O)[C@H](CCCCN)NC(=O)[C@@H](N)CCCCN)C(C)C)[C@@H](C)O)C(=O)N[C@@H](CC(=O)O)C(=O)O. The van der Waals surface area contributed by atoms with E-state index in [9.17, 15) is 77.6 Å². The number of unbranched alkanes of at least 4 members (excludes halogenated alkanes) is 3. The minimum Gasteiger partial charge on any atom is -0.481 e. The highest BCUT2D eigenvalue weighted by molar-refractivity contribution is 5.99. The van der Waals surface area contributed by atoms with E-state index in [4.69, 9.17) is 33.8 Å². The maximum atomic E-state index is 14.0. The van der Waals surface area contributed by atoms with Gasteiger partial charge in [0.15, 0.2) is 0 Å². The van der Waals surface area contributed by atoms with Gasteiger partial charge in [0, 0.05) is 12.8 Å². The van der Waals surface area contributed by atoms with E-state index in [1.165, 1.54) is 0 Å². The van der Waals surface area contributed by atoms with E-state index in [2.05, 4.69) is 42.5 Å². The van der Waals surface area contributed by atoms with Gasteiger partial charge < -0.3 is 96.9 Å². The molecule has 23 N–H and O–H groups in total. The van der Waals surface area contributed by atoms with Gasteiger partial charge in [-0.25, -0.2) is 4.79 Å². The van der Waals surface area contributed by atoms with Crippen molar-refractivity contribution in [2.24, 2.45) is 40.5 Å². The first-order valence-corrected chi connectivity index (χ1v) is 27.1. The molecule has 0 bridgehead atoms. The van der Waals surface area contributed by atoms with E-state index < -0.39 is 182 Å². The lowest BCUT2D eigenvalue weighted by molar-refractivity contribution is -0.147. The van der Waals surface area contributed by atoms with Crippen LogP contribution in [0.4, 0.5) is 0 Å². The standard InChI is InChI=1S/C50H90N14O17/c1-25(2)23-34(47(77)62-35(50(80)81)24-38(69)70)61-45(75)33(17-19-37(67)68)60-44(74)32(16-18-36(55)66)57-41(71)27(5)56-49(79)40(28(6)65)64-48(78)39(26(3)4)63-46(76)31(15-9-12-22-53)59-43(73)30(14-8-11-21-52)58-42(72)29(54)13-7-10-20-51/h25-35,39-40,65H,7-24,51-54H2,1-6H3,(H2,55,66)(H,56,79)(H,57,71)(H,58,72)(H,59,73)(H,60,74)(H,61,75)(H,62,77)(H,63,76)(H,64,78)(H,67,68)(H,69,70)(H,80,81)/t27-,28+,29-,30-,31-,32-,33-,34-,35-,39-,40-/m0/s1. The van der Waals surface area contributed by atoms with E-state index in [0.717, 1.165) is 13.8 Å². The van der Waals surface area contributed by atoms with E-state index in [0.29, 0.717) is 58.0 Å². The minimum atomic E-state index is -1.90. The van der Waals surface area contributed by atoms with Crippen LogP contribution in [0.2, 0.25) is 0 Å². The molecule has 0 aromatic rings. The average molecular weight is 1160 g/mol. The Morgan fingerprint density at radius 2 is 0.790 bits per heavy atom. The summed E-state index contributed by atoms with van der Waals surface area (Å²) in [5.41, 5.74) is 28.3. The fourth-order valence-corrected chi connectivity index (χ4v) is 7.80. The molecule has 462 valence electrons. The number of nitrogens with two attached hydrogens (primary N) is 5. The predicted molar refractivity (Wildman–Crippen MR) is 291 cm³/mol. The maximum Gasteiger partial charge on any atom is 0.326 e. The quantitative estimate of drug-likeness (QED) is 0.0254. The second-order valence-corrected chi connectivity index (χ2v) is 20.5. The summed E-state index contributed by atoms with van der Waals surface area (Å²) in [5, 5.41) is 60.3. The Morgan fingerprint density at radius 1 is 0.407 bits per heavy atom. The van der Waals surface area contributed by atoms with Crippen molar-refractivity contribution in [2.75, 3.05) is 19.6 Å². The molecule has 11 atom stereocenters. The lowest BCUT2D eigenvalue weighted by Crippen LogP contribution is -2.62. The number of carbonyl (C=O) groups is 13. The van der Waals surface area contributed by atoms with Crippen molar-refractivity contribution < 1.29 is 82.8 Å². The van der Waals surface area contributed by atoms with Gasteiger partial charge in [-0.05, 0) is 116 Å². The summed E-state index contributed by atoms with van der Waals surface area (Å²) in [6.07, 6.45) is -1.63. The van der Waals surface area contributed by atoms with Gasteiger partial charge >= 0.3 is 17.9 Å². The Kier molecular flexibility index (Phi) is 35.9. The average Bonchev–Trinajstić information content (AvgIpc) is 3.37. The van der Waals surface area contributed by atoms with Crippen molar-refractivity contribution in [3.63, 3.8) is 0 Å². The van der Waals surface area contributed by atoms with E-state index >= 15 is 0 Å². The highest BCUT2D eigenvalue weighted by atomic mass is 16.4. The molecule has 0 aliphatic heterocycles. The third-order valence-corrected chi connectivity index (χ3v) is 12.5. The normalized spacial score (nSPS) is 15.3. The topological polar surface area (TPSA) is 541 Å². The number of aliphatic hydroxyl groups excluding tert-OH is 1. The van der Waals surface area contributed by atoms with E-state index in [-0.39, 0.29) is 31.7 Å². The lowest BCUT2D eigenvalue weighted by atomic mass is 10.00. The Balaban J connectivity index is 6.51. The second kappa shape index (κ2) is 39.3. The Bertz CT molecular complexity index is 2120. The molecule has 0 fully saturated rings. The second-order valence-electron chi connectivity index (χ2n) is 20.5. The number of carboxylic acids is 3. The number of carboxylic acid groups (broad SMARTS) is 3. The van der Waals surface area contributed by atoms with Crippen molar-refractivity contribution in [3.05, 3.63) is 0 Å². The largest absolute Gasteiger partial charge is 0.481 e. The molecule has 0 aromatic heterocycles. The molecule has 0 aliphatic rings. The molecule has 10 amide bonds. The summed E-state index contributed by atoms with van der Waals surface area (Å²) in [5.74, 6) is -15.4. The smallest absolute Gasteiger partial charge is 0.326 e. The van der Waals surface area contributed by atoms with Crippen LogP contribution in [0.25, 0.3) is 0 Å². The van der Waals surface area contributed by atoms with Crippen LogP contribution in [-0.4, -0.2) is 184 Å². The molecule has 31 nitrogen and oxygen atoms in total. The number of nitrogens with one attached hydrogen (secondary N) is 9. The van der Waals surface area contributed by atoms with Crippen LogP contribution in [0.5, 0.6) is 0 Å². The molecule has 0 heterocycles. The van der Waals surface area contributed by atoms with Crippen LogP contribution in [0.1, 0.15) is 138 Å². The van der Waals surface area contributed by atoms with Gasteiger partial charge in [-0.3, -0.25) is 57.5 Å². The third-order valence-electron chi connectivity index (χ3n) is 12.5. The predicted octanol–water partition coefficient (Wildman–Crippen LogP) is -5.14. The Labute approximate surface area is 471 Å². The summed E-state index contributed by atoms with van der Waals surface area (Å²) in [7, 11) is 0. The van der Waals surface area contributed by atoms with Crippen LogP contribution in [0, 0.1) is 11.8 Å². The molecular formula is C50H90N14O17. The van der Waals surface area contributed by atoms with E-state index in [1.807, 2.05) is 5.32 Å². The molecule has 0 rings (SSSR count). The molecule has 0 aromatic carbocycles. The number of aliphatic carboxylic acids is 3. The fraction of sp³-hybridized carbons (Fsp3) is 0.740. The van der Waals surface area contributed by atoms with Gasteiger partial charge in [0.05, 0.1) is 18.6 Å². The molecule has 0 spiro atoms. The number of hydrogen-bond acceptors (Lipinski definition) is 18. The maximum absolute atomic E-state index is 14.0. The van der Waals surface area contributed by atoms with Crippen LogP contribution in [0.3, 0.4) is 0 Å². The zero-order chi connectivity index (χ0) is 62.1. The van der Waals surface area contributed by atoms with Crippen molar-refractivity contribution in [2.45, 2.75) is 204 Å². The summed E-state index contributed by atoms with van der Waals surface area (Å²) in [6, 6.07) is -15.0. The van der Waals surface area contributed by atoms with Crippen LogP contribution >= 0.6 is 0 Å². The zero-order valence-electron chi connectivity index (χ0n) is 47.2. The van der Waals surface area contributed by atoms with Gasteiger partial charge in [-0.15, -0.1) is 0 Å². The Morgan fingerprint density at radius 3 is 1.21 bits per heavy atom. The number of aliphatic hydroxyl groups is 1. The third kappa shape index (κ3) is 30.3. The first-order chi connectivity index (χ1) is 37.9. The molecule has 31 heteroatoms. The van der Waals surface area contributed by atoms with Gasteiger partial charge in [0.25, 0.3) is 0 Å². The number of hydrogen-bond donors (Lipinski definition) is 18. The highest BCUT2D eigenvalue weighted by Gasteiger charge is 2.37. The molecule has 0 unspecified atom stereocenters. The van der Waals surface area contributed by atoms with Crippen molar-refractivity contribution in [1.29, 1.82) is 0 Å². The first-order valence-electron chi connectivity index (χ1n) is 27.1. The van der Waals surface area contributed by atoms with Gasteiger partial charge in [-0.2, -0.15) is 0 Å². The number of rotatable bonds is 43. The lowest BCUT2D eigenvalue weighted by Gasteiger charge is -2.29. The molecule has 0 radical (unpaired) electrons. The molecule has 0 saturated carbocycles. The number of carbonyl (C=O) groups excluding carboxylic acids is 10. The number of primary amides is 1. The first kappa shape index (κ1) is 73.9. The van der Waals surface area contributed by atoms with Crippen molar-refractivity contribution in [1.82, 2.24) is 47.9 Å². The van der Waals surface area contributed by atoms with Gasteiger partial charge in [-0.1, -0.05) is 34.1 Å². The highest BCUT2D eigenvalue weighted by Crippen LogP contribution is 2.12. The van der Waals surface area contributed by atoms with Crippen molar-refractivity contribution in [3.8, 4) is 0 Å². The van der Waals surface area contributed by atoms with Gasteiger partial charge in [0.1, 0.15) is 54.4 Å². The van der Waals surface area contributed by atoms with Crippen molar-refractivity contribution >= 4 is 77.0 Å².